The summed E-state index contributed by atoms with van der Waals surface area (Å²) in [5, 5.41) is 27.2. The number of alkyl halides is 2. The van der Waals surface area contributed by atoms with E-state index < -0.39 is 47.3 Å². The molecule has 4 N–H and O–H groups in total. The monoisotopic (exact) mass is 970 g/mol. The molecule has 0 saturated heterocycles. The van der Waals surface area contributed by atoms with Gasteiger partial charge in [-0.05, 0) is 136 Å². The van der Waals surface area contributed by atoms with Gasteiger partial charge in [0.05, 0.1) is 22.1 Å². The van der Waals surface area contributed by atoms with Crippen molar-refractivity contribution in [2.75, 3.05) is 21.3 Å². The number of aryl methyl sites for hydroxylation is 2. The molecule has 4 amide bonds. The first kappa shape index (κ1) is 50.7. The molecular formula is C48H46Cl4N8O6. The van der Waals surface area contributed by atoms with E-state index in [1.807, 2.05) is 39.8 Å². The molecule has 5 rings (SSSR count). The standard InChI is InChI=1S/C48H46Cl4N8O6/c1-7-29-17-39(55-47(65)42(27(5)61)59-57-40-21-33(15-35(51)23-40)45(63)53-37-13-9-11-31(19-37)25(3)49)18-30(8-2)44(29)56-48(66)43(28(6)62)60-58-41-22-34(16-36(52)24-41)46(64)54-38-14-10-12-32(20-38)26(4)50/h9-26,42-43H,7-8H2,1-6H3,(H,53,63)(H,54,64)(H,55,65)(H,56,66). The number of halogens is 4. The molecule has 342 valence electrons. The number of benzene rings is 5. The molecule has 0 aliphatic rings. The highest BCUT2D eigenvalue weighted by atomic mass is 35.5. The number of nitrogens with zero attached hydrogens (tertiary/aromatic N) is 4. The van der Waals surface area contributed by atoms with Crippen LogP contribution in [0, 0.1) is 0 Å². The molecule has 0 aliphatic heterocycles. The van der Waals surface area contributed by atoms with Gasteiger partial charge < -0.3 is 21.3 Å². The van der Waals surface area contributed by atoms with Gasteiger partial charge in [-0.25, -0.2) is 0 Å². The largest absolute Gasteiger partial charge is 0.324 e. The lowest BCUT2D eigenvalue weighted by Crippen LogP contribution is -2.33. The number of carbonyl (C=O) groups excluding carboxylic acids is 6. The Bertz CT molecular complexity index is 2720. The highest BCUT2D eigenvalue weighted by Crippen LogP contribution is 2.30. The maximum atomic E-state index is 13.7. The molecule has 18 heteroatoms. The first-order chi connectivity index (χ1) is 31.3. The van der Waals surface area contributed by atoms with E-state index in [1.54, 1.807) is 48.5 Å². The molecule has 0 aliphatic carbocycles. The minimum absolute atomic E-state index is 0.125. The van der Waals surface area contributed by atoms with Crippen LogP contribution in [-0.2, 0) is 32.0 Å². The van der Waals surface area contributed by atoms with Crippen LogP contribution in [0.5, 0.6) is 0 Å². The van der Waals surface area contributed by atoms with Crippen LogP contribution in [0.2, 0.25) is 10.0 Å². The lowest BCUT2D eigenvalue weighted by Gasteiger charge is -2.19. The van der Waals surface area contributed by atoms with Crippen molar-refractivity contribution in [2.24, 2.45) is 20.5 Å². The topological polar surface area (TPSA) is 200 Å². The van der Waals surface area contributed by atoms with Crippen molar-refractivity contribution in [3.8, 4) is 0 Å². The summed E-state index contributed by atoms with van der Waals surface area (Å²) < 4.78 is 0. The van der Waals surface area contributed by atoms with Crippen LogP contribution >= 0.6 is 46.4 Å². The molecule has 0 heterocycles. The van der Waals surface area contributed by atoms with E-state index in [9.17, 15) is 28.8 Å². The van der Waals surface area contributed by atoms with Crippen molar-refractivity contribution >= 4 is 116 Å². The van der Waals surface area contributed by atoms with Gasteiger partial charge in [0, 0.05) is 43.9 Å². The molecule has 0 bridgehead atoms. The van der Waals surface area contributed by atoms with Gasteiger partial charge in [0.1, 0.15) is 0 Å². The Balaban J connectivity index is 1.30. The van der Waals surface area contributed by atoms with Gasteiger partial charge in [0.2, 0.25) is 12.1 Å². The van der Waals surface area contributed by atoms with Crippen LogP contribution in [0.25, 0.3) is 0 Å². The highest BCUT2D eigenvalue weighted by molar-refractivity contribution is 6.32. The van der Waals surface area contributed by atoms with Crippen molar-refractivity contribution in [3.05, 3.63) is 140 Å². The fourth-order valence-electron chi connectivity index (χ4n) is 6.51. The van der Waals surface area contributed by atoms with Crippen LogP contribution in [0.3, 0.4) is 0 Å². The lowest BCUT2D eigenvalue weighted by atomic mass is 10.0. The molecule has 5 aromatic carbocycles. The highest BCUT2D eigenvalue weighted by Gasteiger charge is 2.27. The Morgan fingerprint density at radius 2 is 0.939 bits per heavy atom. The van der Waals surface area contributed by atoms with E-state index in [0.29, 0.717) is 46.7 Å². The van der Waals surface area contributed by atoms with Crippen molar-refractivity contribution in [1.82, 2.24) is 0 Å². The first-order valence-electron chi connectivity index (χ1n) is 20.7. The van der Waals surface area contributed by atoms with Crippen molar-refractivity contribution in [2.45, 2.75) is 77.2 Å². The number of hydrogen-bond donors (Lipinski definition) is 4. The fraction of sp³-hybridized carbons (Fsp3) is 0.250. The third-order valence-corrected chi connectivity index (χ3v) is 10.9. The van der Waals surface area contributed by atoms with E-state index in [4.69, 9.17) is 46.4 Å². The predicted molar refractivity (Wildman–Crippen MR) is 261 cm³/mol. The first-order valence-corrected chi connectivity index (χ1v) is 22.3. The zero-order valence-electron chi connectivity index (χ0n) is 36.7. The number of anilines is 4. The van der Waals surface area contributed by atoms with Gasteiger partial charge in [-0.2, -0.15) is 20.5 Å². The zero-order chi connectivity index (χ0) is 48.2. The number of azo groups is 2. The van der Waals surface area contributed by atoms with Crippen molar-refractivity contribution in [1.29, 1.82) is 0 Å². The molecule has 0 fully saturated rings. The lowest BCUT2D eigenvalue weighted by molar-refractivity contribution is -0.127. The number of rotatable bonds is 18. The van der Waals surface area contributed by atoms with Gasteiger partial charge in [0.25, 0.3) is 23.6 Å². The smallest absolute Gasteiger partial charge is 0.258 e. The molecule has 0 spiro atoms. The van der Waals surface area contributed by atoms with Gasteiger partial charge in [0.15, 0.2) is 11.6 Å². The molecule has 0 aromatic heterocycles. The number of Topliss-reactive ketones (excluding diaryl/α,β-unsaturated/α-hetero) is 2. The quantitative estimate of drug-likeness (QED) is 0.0382. The second kappa shape index (κ2) is 23.2. The Morgan fingerprint density at radius 3 is 1.32 bits per heavy atom. The summed E-state index contributed by atoms with van der Waals surface area (Å²) in [5.41, 5.74) is 5.16. The summed E-state index contributed by atoms with van der Waals surface area (Å²) >= 11 is 25.0. The number of nitrogens with one attached hydrogen (secondary N) is 4. The van der Waals surface area contributed by atoms with E-state index in [0.717, 1.165) is 11.1 Å². The summed E-state index contributed by atoms with van der Waals surface area (Å²) in [4.78, 5) is 79.1. The average molecular weight is 973 g/mol. The van der Waals surface area contributed by atoms with Crippen molar-refractivity contribution in [3.63, 3.8) is 0 Å². The van der Waals surface area contributed by atoms with Crippen LogP contribution in [0.15, 0.2) is 118 Å². The van der Waals surface area contributed by atoms with Crippen molar-refractivity contribution < 1.29 is 28.8 Å². The summed E-state index contributed by atoms with van der Waals surface area (Å²) in [7, 11) is 0. The summed E-state index contributed by atoms with van der Waals surface area (Å²) in [6.07, 6.45) is 0.776. The van der Waals surface area contributed by atoms with Gasteiger partial charge in [-0.3, -0.25) is 28.8 Å². The van der Waals surface area contributed by atoms with Crippen LogP contribution in [0.1, 0.15) is 95.3 Å². The Morgan fingerprint density at radius 1 is 0.530 bits per heavy atom. The summed E-state index contributed by atoms with van der Waals surface area (Å²) in [6, 6.07) is 22.9. The number of amides is 4. The minimum Gasteiger partial charge on any atom is -0.324 e. The van der Waals surface area contributed by atoms with E-state index in [1.165, 1.54) is 50.2 Å². The SMILES string of the molecule is CCc1cc(NC(=O)C(N=Nc2cc(Cl)cc(C(=O)Nc3cccc(C(C)Cl)c3)c2)C(C)=O)cc(CC)c1NC(=O)C(N=Nc1cc(Cl)cc(C(=O)Nc2cccc(C(C)Cl)c2)c1)C(C)=O. The third-order valence-electron chi connectivity index (χ3n) is 9.92. The fourth-order valence-corrected chi connectivity index (χ4v) is 7.24. The third kappa shape index (κ3) is 13.8. The molecule has 66 heavy (non-hydrogen) atoms. The molecule has 14 nitrogen and oxygen atoms in total. The Kier molecular flexibility index (Phi) is 17.8. The normalized spacial score (nSPS) is 13.1. The summed E-state index contributed by atoms with van der Waals surface area (Å²) in [5.74, 6) is -3.73. The number of hydrogen-bond acceptors (Lipinski definition) is 10. The molecule has 0 radical (unpaired) electrons. The molecular weight excluding hydrogens is 926 g/mol. The zero-order valence-corrected chi connectivity index (χ0v) is 39.7. The second-order valence-electron chi connectivity index (χ2n) is 15.1. The second-order valence-corrected chi connectivity index (χ2v) is 17.3. The van der Waals surface area contributed by atoms with Crippen LogP contribution < -0.4 is 21.3 Å². The Hall–Kier alpha value is -6.32. The van der Waals surface area contributed by atoms with Gasteiger partial charge in [-0.1, -0.05) is 61.3 Å². The van der Waals surface area contributed by atoms with Crippen LogP contribution in [0.4, 0.5) is 34.1 Å². The maximum Gasteiger partial charge on any atom is 0.258 e. The number of ketones is 2. The number of carbonyl (C=O) groups is 6. The molecule has 0 saturated carbocycles. The van der Waals surface area contributed by atoms with E-state index >= 15 is 0 Å². The molecule has 5 aromatic rings. The van der Waals surface area contributed by atoms with E-state index in [2.05, 4.69) is 41.7 Å². The Labute approximate surface area is 402 Å². The average Bonchev–Trinajstić information content (AvgIpc) is 3.26. The van der Waals surface area contributed by atoms with Gasteiger partial charge >= 0.3 is 0 Å². The molecule has 4 unspecified atom stereocenters. The van der Waals surface area contributed by atoms with E-state index in [-0.39, 0.29) is 43.3 Å². The van der Waals surface area contributed by atoms with Crippen LogP contribution in [-0.4, -0.2) is 47.3 Å². The minimum atomic E-state index is -1.57. The molecule has 4 atom stereocenters. The summed E-state index contributed by atoms with van der Waals surface area (Å²) in [6.45, 7) is 9.70. The predicted octanol–water partition coefficient (Wildman–Crippen LogP) is 12.6. The maximum absolute atomic E-state index is 13.7. The van der Waals surface area contributed by atoms with Gasteiger partial charge in [-0.15, -0.1) is 23.2 Å².